The van der Waals surface area contributed by atoms with Gasteiger partial charge in [-0.1, -0.05) is 18.2 Å². The number of morpholine rings is 1. The predicted octanol–water partition coefficient (Wildman–Crippen LogP) is 5.16. The Morgan fingerprint density at radius 1 is 1.09 bits per heavy atom. The van der Waals surface area contributed by atoms with Gasteiger partial charge in [0, 0.05) is 35.3 Å². The van der Waals surface area contributed by atoms with E-state index in [1.165, 1.54) is 0 Å². The Kier molecular flexibility index (Phi) is 5.60. The molecule has 0 aliphatic carbocycles. The molecule has 2 aromatic carbocycles. The van der Waals surface area contributed by atoms with Gasteiger partial charge in [-0.25, -0.2) is 9.97 Å². The SMILES string of the molecule is C[C@H]1COCCN1c1cc(CS(O)(O)c2ccccc2)nc(-c2ccc3[nH]ccc3c2)n1. The fraction of sp³-hybridized carbons (Fsp3) is 0.250. The number of fused-ring (bicyclic) bond motifs is 1. The summed E-state index contributed by atoms with van der Waals surface area (Å²) in [6.45, 7) is 4.09. The van der Waals surface area contributed by atoms with E-state index in [4.69, 9.17) is 14.7 Å². The van der Waals surface area contributed by atoms with Crippen molar-refractivity contribution in [3.63, 3.8) is 0 Å². The fourth-order valence-corrected chi connectivity index (χ4v) is 5.34. The number of hydrogen-bond donors (Lipinski definition) is 3. The van der Waals surface area contributed by atoms with Crippen molar-refractivity contribution in [1.29, 1.82) is 0 Å². The minimum Gasteiger partial charge on any atom is -0.377 e. The van der Waals surface area contributed by atoms with E-state index in [1.807, 2.05) is 54.7 Å². The Balaban J connectivity index is 1.57. The maximum Gasteiger partial charge on any atom is 0.161 e. The highest BCUT2D eigenvalue weighted by molar-refractivity contribution is 8.23. The second-order valence-corrected chi connectivity index (χ2v) is 10.2. The van der Waals surface area contributed by atoms with Crippen molar-refractivity contribution in [2.24, 2.45) is 0 Å². The van der Waals surface area contributed by atoms with Gasteiger partial charge in [-0.05, 0) is 43.3 Å². The molecule has 7 nitrogen and oxygen atoms in total. The molecule has 4 aromatic rings. The lowest BCUT2D eigenvalue weighted by Crippen LogP contribution is -2.44. The molecule has 0 amide bonds. The Morgan fingerprint density at radius 3 is 2.75 bits per heavy atom. The lowest BCUT2D eigenvalue weighted by molar-refractivity contribution is 0.0985. The summed E-state index contributed by atoms with van der Waals surface area (Å²) in [7, 11) is -3.04. The molecule has 0 radical (unpaired) electrons. The van der Waals surface area contributed by atoms with Crippen LogP contribution in [0.25, 0.3) is 22.3 Å². The number of H-pyrrole nitrogens is 1. The lowest BCUT2D eigenvalue weighted by Gasteiger charge is -2.35. The van der Waals surface area contributed by atoms with Gasteiger partial charge < -0.3 is 14.6 Å². The van der Waals surface area contributed by atoms with Crippen molar-refractivity contribution in [2.45, 2.75) is 23.6 Å². The van der Waals surface area contributed by atoms with Gasteiger partial charge in [0.2, 0.25) is 0 Å². The molecular formula is C24H26N4O3S. The van der Waals surface area contributed by atoms with Gasteiger partial charge in [0.25, 0.3) is 0 Å². The van der Waals surface area contributed by atoms with E-state index in [-0.39, 0.29) is 11.8 Å². The average molecular weight is 451 g/mol. The van der Waals surface area contributed by atoms with Crippen LogP contribution >= 0.6 is 10.6 Å². The smallest absolute Gasteiger partial charge is 0.161 e. The van der Waals surface area contributed by atoms with E-state index < -0.39 is 10.6 Å². The topological polar surface area (TPSA) is 94.5 Å². The van der Waals surface area contributed by atoms with Crippen LogP contribution in [0.3, 0.4) is 0 Å². The molecule has 1 atom stereocenters. The first-order valence-electron chi connectivity index (χ1n) is 10.6. The monoisotopic (exact) mass is 450 g/mol. The molecule has 5 rings (SSSR count). The third kappa shape index (κ3) is 4.22. The fourth-order valence-electron chi connectivity index (χ4n) is 4.02. The van der Waals surface area contributed by atoms with Gasteiger partial charge in [-0.2, -0.15) is 10.6 Å². The number of ether oxygens (including phenoxy) is 1. The van der Waals surface area contributed by atoms with E-state index in [0.29, 0.717) is 29.6 Å². The van der Waals surface area contributed by atoms with E-state index >= 15 is 0 Å². The standard InChI is InChI=1S/C24H26N4O3S/c1-17-15-31-12-11-28(17)23-14-20(16-32(29,30)21-5-3-2-4-6-21)26-24(27-23)19-7-8-22-18(13-19)9-10-25-22/h2-10,13-14,17,25,29-30H,11-12,15-16H2,1H3/t17-/m0/s1. The van der Waals surface area contributed by atoms with Gasteiger partial charge in [-0.15, -0.1) is 0 Å². The molecule has 0 bridgehead atoms. The molecule has 1 aliphatic heterocycles. The molecule has 1 saturated heterocycles. The second kappa shape index (κ2) is 8.55. The Labute approximate surface area is 188 Å². The Morgan fingerprint density at radius 2 is 1.94 bits per heavy atom. The van der Waals surface area contributed by atoms with Crippen molar-refractivity contribution >= 4 is 27.3 Å². The van der Waals surface area contributed by atoms with Crippen molar-refractivity contribution in [3.05, 3.63) is 72.6 Å². The van der Waals surface area contributed by atoms with Gasteiger partial charge in [-0.3, -0.25) is 9.11 Å². The first-order chi connectivity index (χ1) is 15.5. The predicted molar refractivity (Wildman–Crippen MR) is 128 cm³/mol. The number of hydrogen-bond acceptors (Lipinski definition) is 6. The number of nitrogens with one attached hydrogen (secondary N) is 1. The average Bonchev–Trinajstić information content (AvgIpc) is 3.27. The third-order valence-corrected chi connectivity index (χ3v) is 7.43. The third-order valence-electron chi connectivity index (χ3n) is 5.71. The molecule has 0 saturated carbocycles. The molecule has 32 heavy (non-hydrogen) atoms. The highest BCUT2D eigenvalue weighted by Crippen LogP contribution is 2.50. The van der Waals surface area contributed by atoms with Crippen LogP contribution in [0.1, 0.15) is 12.6 Å². The van der Waals surface area contributed by atoms with Crippen LogP contribution in [0.5, 0.6) is 0 Å². The maximum atomic E-state index is 10.9. The molecule has 0 unspecified atom stereocenters. The van der Waals surface area contributed by atoms with Crippen LogP contribution in [-0.2, 0) is 10.5 Å². The highest BCUT2D eigenvalue weighted by atomic mass is 32.3. The normalized spacial score (nSPS) is 17.6. The molecule has 0 spiro atoms. The van der Waals surface area contributed by atoms with Crippen LogP contribution < -0.4 is 4.90 Å². The molecule has 8 heteroatoms. The zero-order valence-corrected chi connectivity index (χ0v) is 18.6. The molecule has 3 heterocycles. The summed E-state index contributed by atoms with van der Waals surface area (Å²) in [5, 5.41) is 1.08. The number of benzene rings is 2. The Bertz CT molecular complexity index is 1230. The zero-order chi connectivity index (χ0) is 22.1. The van der Waals surface area contributed by atoms with Crippen LogP contribution in [0, 0.1) is 0 Å². The quantitative estimate of drug-likeness (QED) is 0.389. The van der Waals surface area contributed by atoms with Crippen molar-refractivity contribution < 1.29 is 13.8 Å². The van der Waals surface area contributed by atoms with E-state index in [9.17, 15) is 9.11 Å². The van der Waals surface area contributed by atoms with Crippen LogP contribution in [0.2, 0.25) is 0 Å². The number of aromatic amines is 1. The first kappa shape index (κ1) is 21.0. The highest BCUT2D eigenvalue weighted by Gasteiger charge is 2.24. The van der Waals surface area contributed by atoms with Gasteiger partial charge in [0.1, 0.15) is 5.82 Å². The summed E-state index contributed by atoms with van der Waals surface area (Å²) >= 11 is 0. The van der Waals surface area contributed by atoms with Crippen molar-refractivity contribution in [1.82, 2.24) is 15.0 Å². The molecule has 166 valence electrons. The van der Waals surface area contributed by atoms with Gasteiger partial charge in [0.15, 0.2) is 5.82 Å². The summed E-state index contributed by atoms with van der Waals surface area (Å²) in [6, 6.07) is 19.0. The molecule has 1 aliphatic rings. The van der Waals surface area contributed by atoms with Crippen LogP contribution in [0.15, 0.2) is 71.8 Å². The maximum absolute atomic E-state index is 10.9. The van der Waals surface area contributed by atoms with E-state index in [1.54, 1.807) is 12.1 Å². The Hall–Kier alpha value is -2.91. The number of aromatic nitrogens is 3. The second-order valence-electron chi connectivity index (χ2n) is 8.06. The minimum absolute atomic E-state index is 0.0324. The molecule has 3 N–H and O–H groups in total. The van der Waals surface area contributed by atoms with Gasteiger partial charge in [0.05, 0.1) is 35.6 Å². The number of anilines is 1. The first-order valence-corrected chi connectivity index (χ1v) is 12.3. The van der Waals surface area contributed by atoms with Crippen LogP contribution in [-0.4, -0.2) is 49.9 Å². The lowest BCUT2D eigenvalue weighted by atomic mass is 10.1. The summed E-state index contributed by atoms with van der Waals surface area (Å²) < 4.78 is 27.4. The summed E-state index contributed by atoms with van der Waals surface area (Å²) in [6.07, 6.45) is 1.90. The van der Waals surface area contributed by atoms with Crippen LogP contribution in [0.4, 0.5) is 5.82 Å². The van der Waals surface area contributed by atoms with Crippen molar-refractivity contribution in [3.8, 4) is 11.4 Å². The van der Waals surface area contributed by atoms with E-state index in [0.717, 1.165) is 28.8 Å². The number of rotatable bonds is 5. The van der Waals surface area contributed by atoms with Crippen molar-refractivity contribution in [2.75, 3.05) is 24.7 Å². The molecule has 2 aromatic heterocycles. The summed E-state index contributed by atoms with van der Waals surface area (Å²) in [4.78, 5) is 15.5. The molecule has 1 fully saturated rings. The number of nitrogens with zero attached hydrogens (tertiary/aromatic N) is 3. The summed E-state index contributed by atoms with van der Waals surface area (Å²) in [5.41, 5.74) is 2.53. The zero-order valence-electron chi connectivity index (χ0n) is 17.8. The summed E-state index contributed by atoms with van der Waals surface area (Å²) in [5.74, 6) is 1.38. The van der Waals surface area contributed by atoms with E-state index in [2.05, 4.69) is 16.8 Å². The molecular weight excluding hydrogens is 424 g/mol. The minimum atomic E-state index is -3.04. The largest absolute Gasteiger partial charge is 0.377 e. The van der Waals surface area contributed by atoms with Gasteiger partial charge >= 0.3 is 0 Å².